The third-order valence-corrected chi connectivity index (χ3v) is 14.8. The summed E-state index contributed by atoms with van der Waals surface area (Å²) in [4.78, 5) is 100. The van der Waals surface area contributed by atoms with Crippen LogP contribution < -0.4 is 37.1 Å². The molecule has 21 heteroatoms. The number of hydrogen-bond acceptors (Lipinski definition) is 14. The van der Waals surface area contributed by atoms with Gasteiger partial charge in [-0.25, -0.2) is 0 Å². The van der Waals surface area contributed by atoms with Crippen LogP contribution >= 0.6 is 0 Å². The molecule has 4 aromatic carbocycles. The smallest absolute Gasteiger partial charge is 0.251 e. The highest BCUT2D eigenvalue weighted by atomic mass is 16.5. The number of amides is 7. The molecule has 0 spiro atoms. The number of hydrogen-bond donors (Lipinski definition) is 9. The zero-order valence-corrected chi connectivity index (χ0v) is 48.4. The zero-order valence-electron chi connectivity index (χ0n) is 48.4. The summed E-state index contributed by atoms with van der Waals surface area (Å²) in [7, 11) is 0. The van der Waals surface area contributed by atoms with Crippen molar-refractivity contribution in [1.29, 1.82) is 0 Å². The molecule has 2 fully saturated rings. The molecular weight excluding hydrogens is 1060 g/mol. The Labute approximate surface area is 486 Å². The number of aliphatic hydroxyl groups is 2. The average Bonchev–Trinajstić information content (AvgIpc) is 4.16. The number of likely N-dealkylation sites (tertiary alicyclic amines) is 2. The van der Waals surface area contributed by atoms with Gasteiger partial charge < -0.3 is 71.6 Å². The Balaban J connectivity index is 1.06. The fourth-order valence-electron chi connectivity index (χ4n) is 10.2. The van der Waals surface area contributed by atoms with Crippen LogP contribution in [0, 0.1) is 5.92 Å². The number of rotatable bonds is 31. The summed E-state index contributed by atoms with van der Waals surface area (Å²) in [5, 5.41) is 45.7. The molecule has 0 aliphatic carbocycles. The summed E-state index contributed by atoms with van der Waals surface area (Å²) in [5.41, 5.74) is 10.2. The van der Waals surface area contributed by atoms with Gasteiger partial charge in [0.15, 0.2) is 0 Å². The molecule has 2 saturated heterocycles. The van der Waals surface area contributed by atoms with E-state index < -0.39 is 96.5 Å². The molecule has 21 nitrogen and oxygen atoms in total. The van der Waals surface area contributed by atoms with Gasteiger partial charge in [-0.1, -0.05) is 101 Å². The Morgan fingerprint density at radius 2 is 1.31 bits per heavy atom. The number of unbranched alkanes of at least 4 members (excludes halogenated alkanes) is 2. The maximum absolute atomic E-state index is 14.4. The van der Waals surface area contributed by atoms with E-state index in [0.717, 1.165) is 47.3 Å². The van der Waals surface area contributed by atoms with Crippen molar-refractivity contribution in [3.8, 4) is 33.8 Å². The molecule has 2 heterocycles. The summed E-state index contributed by atoms with van der Waals surface area (Å²) in [6.45, 7) is 10.5. The molecule has 0 saturated carbocycles. The summed E-state index contributed by atoms with van der Waals surface area (Å²) in [6.07, 6.45) is 0.773. The van der Waals surface area contributed by atoms with E-state index in [2.05, 4.69) is 33.5 Å². The van der Waals surface area contributed by atoms with Crippen molar-refractivity contribution in [2.45, 2.75) is 141 Å². The zero-order chi connectivity index (χ0) is 60.0. The van der Waals surface area contributed by atoms with Gasteiger partial charge in [0.1, 0.15) is 47.9 Å². The molecule has 83 heavy (non-hydrogen) atoms. The van der Waals surface area contributed by atoms with Crippen LogP contribution in [0.2, 0.25) is 0 Å². The topological polar surface area (TPSA) is 301 Å². The third-order valence-electron chi connectivity index (χ3n) is 14.8. The Morgan fingerprint density at radius 3 is 1.92 bits per heavy atom. The van der Waals surface area contributed by atoms with Gasteiger partial charge in [-0.3, -0.25) is 33.6 Å². The van der Waals surface area contributed by atoms with Crippen LogP contribution in [0.4, 0.5) is 0 Å². The Kier molecular flexibility index (Phi) is 25.3. The first-order chi connectivity index (χ1) is 39.9. The molecule has 2 aliphatic rings. The molecule has 0 bridgehead atoms. The number of nitrogens with two attached hydrogens (primary N) is 1. The van der Waals surface area contributed by atoms with E-state index in [9.17, 15) is 48.9 Å². The highest BCUT2D eigenvalue weighted by Crippen LogP contribution is 2.28. The standard InChI is InChI=1S/C62H84N8O13/c1-6-9-10-31-82-48-27-23-45(24-28-48)43-17-15-42(16-18-43)44-19-21-46(22-20-44)57(75)64-37-53(74)66-55(40(5)71)62(80)69-30-11-12-50(69)58(76)68-56(52(73)36-41-13-25-47(72)26-14-41)60(78)65-49(7-2)61(79)70-38-39(4)35-51(70)59(77)67-54(8-3)83-34-33-81-32-29-63/h13-28,39-40,49-52,54-56,71-73H,6-12,29-38,63H2,1-5H3,(H,64,75)(H,65,78)(H,66,74)(H,67,77)(H,68,76)/t39-,40-,49?,50?,51?,52-,54?,55?,56?/m1/s1. The third kappa shape index (κ3) is 18.8. The normalized spacial score (nSPS) is 18.0. The summed E-state index contributed by atoms with van der Waals surface area (Å²) in [5.74, 6) is -4.09. The number of phenols is 1. The number of carbonyl (C=O) groups is 7. The first kappa shape index (κ1) is 64.7. The first-order valence-electron chi connectivity index (χ1n) is 29.0. The van der Waals surface area contributed by atoms with Crippen molar-refractivity contribution < 1.29 is 63.1 Å². The second kappa shape index (κ2) is 32.4. The van der Waals surface area contributed by atoms with E-state index in [4.69, 9.17) is 19.9 Å². The molecule has 10 N–H and O–H groups in total. The van der Waals surface area contributed by atoms with E-state index in [1.807, 2.05) is 62.4 Å². The minimum atomic E-state index is -1.68. The molecule has 4 aromatic rings. The van der Waals surface area contributed by atoms with Gasteiger partial charge in [-0.05, 0) is 116 Å². The van der Waals surface area contributed by atoms with Gasteiger partial charge >= 0.3 is 0 Å². The van der Waals surface area contributed by atoms with Crippen LogP contribution in [0.25, 0.3) is 22.3 Å². The Hall–Kier alpha value is -7.43. The second-order valence-corrected chi connectivity index (χ2v) is 21.3. The monoisotopic (exact) mass is 1150 g/mol. The van der Waals surface area contributed by atoms with Gasteiger partial charge in [-0.2, -0.15) is 0 Å². The number of nitrogens with one attached hydrogen (secondary N) is 5. The van der Waals surface area contributed by atoms with Gasteiger partial charge in [0.05, 0.1) is 45.2 Å². The molecule has 0 aromatic heterocycles. The highest BCUT2D eigenvalue weighted by molar-refractivity contribution is 5.99. The lowest BCUT2D eigenvalue weighted by atomic mass is 9.99. The molecule has 0 radical (unpaired) electrons. The lowest BCUT2D eigenvalue weighted by Crippen LogP contribution is -2.62. The molecule has 6 unspecified atom stereocenters. The maximum Gasteiger partial charge on any atom is 0.251 e. The van der Waals surface area contributed by atoms with E-state index in [1.165, 1.54) is 41.0 Å². The van der Waals surface area contributed by atoms with Crippen LogP contribution in [-0.4, -0.2) is 168 Å². The van der Waals surface area contributed by atoms with Crippen LogP contribution in [-0.2, 0) is 44.7 Å². The average molecular weight is 1150 g/mol. The maximum atomic E-state index is 14.4. The molecular formula is C62H84N8O13. The van der Waals surface area contributed by atoms with Gasteiger partial charge in [-0.15, -0.1) is 0 Å². The number of aliphatic hydroxyl groups excluding tert-OH is 2. The van der Waals surface area contributed by atoms with Crippen molar-refractivity contribution in [2.75, 3.05) is 52.6 Å². The minimum Gasteiger partial charge on any atom is -0.508 e. The van der Waals surface area contributed by atoms with Crippen molar-refractivity contribution in [2.24, 2.45) is 11.7 Å². The molecule has 6 rings (SSSR count). The van der Waals surface area contributed by atoms with Crippen LogP contribution in [0.15, 0.2) is 97.1 Å². The van der Waals surface area contributed by atoms with Gasteiger partial charge in [0.2, 0.25) is 35.4 Å². The number of aromatic hydroxyl groups is 1. The van der Waals surface area contributed by atoms with E-state index in [-0.39, 0.29) is 62.8 Å². The van der Waals surface area contributed by atoms with Crippen molar-refractivity contribution in [3.05, 3.63) is 108 Å². The van der Waals surface area contributed by atoms with E-state index in [1.54, 1.807) is 31.2 Å². The number of ether oxygens (including phenoxy) is 3. The Bertz CT molecular complexity index is 2750. The quantitative estimate of drug-likeness (QED) is 0.0255. The van der Waals surface area contributed by atoms with E-state index >= 15 is 0 Å². The predicted octanol–water partition coefficient (Wildman–Crippen LogP) is 3.95. The van der Waals surface area contributed by atoms with Crippen LogP contribution in [0.5, 0.6) is 11.5 Å². The van der Waals surface area contributed by atoms with Crippen molar-refractivity contribution in [3.63, 3.8) is 0 Å². The largest absolute Gasteiger partial charge is 0.508 e. The van der Waals surface area contributed by atoms with Crippen LogP contribution in [0.1, 0.15) is 102 Å². The van der Waals surface area contributed by atoms with Gasteiger partial charge in [0, 0.05) is 31.6 Å². The van der Waals surface area contributed by atoms with Crippen molar-refractivity contribution in [1.82, 2.24) is 36.4 Å². The number of phenolic OH excluding ortho intramolecular Hbond substituents is 1. The lowest BCUT2D eigenvalue weighted by Gasteiger charge is -2.32. The Morgan fingerprint density at radius 1 is 0.687 bits per heavy atom. The molecule has 7 amide bonds. The number of carbonyl (C=O) groups excluding carboxylic acids is 7. The summed E-state index contributed by atoms with van der Waals surface area (Å²) >= 11 is 0. The number of nitrogens with zero attached hydrogens (tertiary/aromatic N) is 2. The minimum absolute atomic E-state index is 0.0338. The second-order valence-electron chi connectivity index (χ2n) is 21.3. The number of benzene rings is 4. The first-order valence-corrected chi connectivity index (χ1v) is 29.0. The fourth-order valence-corrected chi connectivity index (χ4v) is 10.2. The lowest BCUT2D eigenvalue weighted by molar-refractivity contribution is -0.145. The summed E-state index contributed by atoms with van der Waals surface area (Å²) in [6, 6.07) is 22.3. The fraction of sp³-hybridized carbons (Fsp3) is 0.500. The highest BCUT2D eigenvalue weighted by Gasteiger charge is 2.44. The summed E-state index contributed by atoms with van der Waals surface area (Å²) < 4.78 is 17.0. The molecule has 450 valence electrons. The SMILES string of the molecule is CCCCCOc1ccc(-c2ccc(-c3ccc(C(=O)NCC(=O)NC(C(=O)N4CCCC4C(=O)NC(C(=O)NC(CC)C(=O)N4C[C@H](C)CC4C(=O)NC(CC)OCCOCCN)[C@H](O)Cc4ccc(O)cc4)[C@@H](C)O)cc3)cc2)cc1. The molecule has 9 atom stereocenters. The van der Waals surface area contributed by atoms with Crippen molar-refractivity contribution >= 4 is 41.4 Å². The predicted molar refractivity (Wildman–Crippen MR) is 312 cm³/mol. The van der Waals surface area contributed by atoms with E-state index in [0.29, 0.717) is 44.6 Å². The van der Waals surface area contributed by atoms with Gasteiger partial charge in [0.25, 0.3) is 5.91 Å². The molecule has 2 aliphatic heterocycles. The van der Waals surface area contributed by atoms with Crippen LogP contribution in [0.3, 0.4) is 0 Å².